The Kier molecular flexibility index (Phi) is 9.80. The fourth-order valence-corrected chi connectivity index (χ4v) is 5.64. The number of hydrogen-bond acceptors (Lipinski definition) is 5. The average molecular weight is 548 g/mol. The largest absolute Gasteiger partial charge is 0.493 e. The van der Waals surface area contributed by atoms with E-state index in [0.717, 1.165) is 47.5 Å². The van der Waals surface area contributed by atoms with Crippen molar-refractivity contribution < 1.29 is 9.53 Å². The minimum absolute atomic E-state index is 0.00853. The molecule has 2 heterocycles. The van der Waals surface area contributed by atoms with Crippen molar-refractivity contribution in [1.29, 1.82) is 0 Å². The maximum absolute atomic E-state index is 13.4. The van der Waals surface area contributed by atoms with Gasteiger partial charge in [0.1, 0.15) is 10.1 Å². The Hall–Kier alpha value is -2.90. The fourth-order valence-electron chi connectivity index (χ4n) is 4.38. The van der Waals surface area contributed by atoms with Gasteiger partial charge in [0.25, 0.3) is 5.91 Å². The molecule has 1 unspecified atom stereocenters. The molecule has 4 rings (SSSR count). The van der Waals surface area contributed by atoms with E-state index in [2.05, 4.69) is 27.7 Å². The summed E-state index contributed by atoms with van der Waals surface area (Å²) in [5, 5.41) is 4.92. The van der Waals surface area contributed by atoms with E-state index in [1.165, 1.54) is 18.2 Å². The molecule has 5 nitrogen and oxygen atoms in total. The molecule has 7 heteroatoms. The van der Waals surface area contributed by atoms with Crippen LogP contribution in [0.2, 0.25) is 0 Å². The second-order valence-electron chi connectivity index (χ2n) is 10.2. The van der Waals surface area contributed by atoms with E-state index < -0.39 is 0 Å². The third-order valence-electron chi connectivity index (χ3n) is 6.62. The Morgan fingerprint density at radius 2 is 1.82 bits per heavy atom. The summed E-state index contributed by atoms with van der Waals surface area (Å²) in [6.07, 6.45) is 8.42. The van der Waals surface area contributed by atoms with Crippen LogP contribution in [0.3, 0.4) is 0 Å². The Morgan fingerprint density at radius 3 is 2.47 bits per heavy atom. The van der Waals surface area contributed by atoms with Crippen molar-refractivity contribution in [3.63, 3.8) is 0 Å². The molecule has 1 saturated heterocycles. The van der Waals surface area contributed by atoms with Crippen molar-refractivity contribution >= 4 is 40.3 Å². The molecular weight excluding hydrogens is 510 g/mol. The molecule has 200 valence electrons. The molecule has 1 atom stereocenters. The van der Waals surface area contributed by atoms with Gasteiger partial charge in [0.05, 0.1) is 22.9 Å². The van der Waals surface area contributed by atoms with Crippen LogP contribution in [0, 0.1) is 11.8 Å². The first kappa shape index (κ1) is 28.1. The van der Waals surface area contributed by atoms with Crippen LogP contribution < -0.4 is 4.74 Å². The van der Waals surface area contributed by atoms with Crippen LogP contribution >= 0.6 is 24.0 Å². The van der Waals surface area contributed by atoms with Crippen molar-refractivity contribution in [3.05, 3.63) is 71.3 Å². The lowest BCUT2D eigenvalue weighted by molar-refractivity contribution is -0.122. The normalized spacial score (nSPS) is 15.6. The highest BCUT2D eigenvalue weighted by Crippen LogP contribution is 2.36. The first-order valence-corrected chi connectivity index (χ1v) is 14.8. The topological polar surface area (TPSA) is 47.4 Å². The summed E-state index contributed by atoms with van der Waals surface area (Å²) in [7, 11) is 0. The number of ether oxygens (including phenoxy) is 1. The summed E-state index contributed by atoms with van der Waals surface area (Å²) in [6, 6.07) is 18.0. The Labute approximate surface area is 236 Å². The number of carbonyl (C=O) groups is 1. The molecule has 3 aromatic rings. The average Bonchev–Trinajstić information content (AvgIpc) is 3.46. The van der Waals surface area contributed by atoms with Crippen molar-refractivity contribution in [1.82, 2.24) is 14.7 Å². The molecule has 1 aromatic heterocycles. The predicted molar refractivity (Wildman–Crippen MR) is 163 cm³/mol. The van der Waals surface area contributed by atoms with Gasteiger partial charge in [0, 0.05) is 23.9 Å². The highest BCUT2D eigenvalue weighted by Gasteiger charge is 2.33. The molecule has 1 amide bonds. The number of aromatic nitrogens is 2. The van der Waals surface area contributed by atoms with Crippen LogP contribution in [-0.4, -0.2) is 38.1 Å². The molecule has 0 N–H and O–H groups in total. The van der Waals surface area contributed by atoms with Gasteiger partial charge in [-0.2, -0.15) is 5.10 Å². The van der Waals surface area contributed by atoms with E-state index in [9.17, 15) is 4.79 Å². The summed E-state index contributed by atoms with van der Waals surface area (Å²) >= 11 is 7.03. The summed E-state index contributed by atoms with van der Waals surface area (Å²) in [5.41, 5.74) is 3.61. The number of benzene rings is 2. The highest BCUT2D eigenvalue weighted by atomic mass is 32.2. The lowest BCUT2D eigenvalue weighted by Gasteiger charge is -2.21. The number of para-hydroxylation sites is 1. The van der Waals surface area contributed by atoms with E-state index >= 15 is 0 Å². The van der Waals surface area contributed by atoms with Gasteiger partial charge in [-0.25, -0.2) is 4.68 Å². The van der Waals surface area contributed by atoms with Crippen molar-refractivity contribution in [2.24, 2.45) is 11.8 Å². The molecule has 0 spiro atoms. The van der Waals surface area contributed by atoms with Crippen LogP contribution in [0.25, 0.3) is 23.0 Å². The van der Waals surface area contributed by atoms with Crippen LogP contribution in [0.4, 0.5) is 0 Å². The van der Waals surface area contributed by atoms with E-state index in [1.54, 1.807) is 4.90 Å². The zero-order chi connectivity index (χ0) is 27.1. The van der Waals surface area contributed by atoms with Gasteiger partial charge < -0.3 is 4.74 Å². The zero-order valence-electron chi connectivity index (χ0n) is 22.7. The van der Waals surface area contributed by atoms with E-state index in [-0.39, 0.29) is 5.91 Å². The minimum Gasteiger partial charge on any atom is -0.493 e. The molecule has 0 aliphatic carbocycles. The molecule has 0 radical (unpaired) electrons. The first-order valence-electron chi connectivity index (χ1n) is 13.5. The molecule has 0 bridgehead atoms. The fraction of sp³-hybridized carbons (Fsp3) is 0.387. The smallest absolute Gasteiger partial charge is 0.266 e. The highest BCUT2D eigenvalue weighted by molar-refractivity contribution is 8.26. The maximum atomic E-state index is 13.4. The van der Waals surface area contributed by atoms with Gasteiger partial charge in [-0.15, -0.1) is 0 Å². The molecule has 0 saturated carbocycles. The molecule has 2 aromatic carbocycles. The number of carbonyl (C=O) groups excluding carboxylic acids is 1. The summed E-state index contributed by atoms with van der Waals surface area (Å²) in [5.74, 6) is 1.75. The Bertz CT molecular complexity index is 1270. The van der Waals surface area contributed by atoms with Crippen molar-refractivity contribution in [3.8, 4) is 22.7 Å². The number of amides is 1. The van der Waals surface area contributed by atoms with Gasteiger partial charge in [0.2, 0.25) is 0 Å². The monoisotopic (exact) mass is 547 g/mol. The summed E-state index contributed by atoms with van der Waals surface area (Å²) in [6.45, 7) is 10.0. The van der Waals surface area contributed by atoms with Gasteiger partial charge in [0.15, 0.2) is 0 Å². The molecule has 1 aliphatic heterocycles. The second-order valence-corrected chi connectivity index (χ2v) is 11.8. The van der Waals surface area contributed by atoms with E-state index in [0.29, 0.717) is 34.2 Å². The predicted octanol–water partition coefficient (Wildman–Crippen LogP) is 7.99. The lowest BCUT2D eigenvalue weighted by atomic mass is 9.99. The van der Waals surface area contributed by atoms with Gasteiger partial charge in [-0.3, -0.25) is 9.69 Å². The molecular formula is C31H37N3O2S2. The number of hydrogen-bond donors (Lipinski definition) is 0. The maximum Gasteiger partial charge on any atom is 0.266 e. The molecule has 38 heavy (non-hydrogen) atoms. The zero-order valence-corrected chi connectivity index (χ0v) is 24.4. The van der Waals surface area contributed by atoms with Crippen LogP contribution in [0.5, 0.6) is 5.75 Å². The molecule has 1 aliphatic rings. The second kappa shape index (κ2) is 13.3. The van der Waals surface area contributed by atoms with Gasteiger partial charge in [-0.05, 0) is 60.7 Å². The first-order chi connectivity index (χ1) is 18.4. The number of rotatable bonds is 12. The number of unbranched alkanes of at least 4 members (excludes halogenated alkanes) is 1. The van der Waals surface area contributed by atoms with Crippen LogP contribution in [0.1, 0.15) is 58.9 Å². The van der Waals surface area contributed by atoms with Gasteiger partial charge in [-0.1, -0.05) is 89.1 Å². The number of thiocarbonyl (C=S) groups is 1. The third-order valence-corrected chi connectivity index (χ3v) is 8.00. The van der Waals surface area contributed by atoms with Gasteiger partial charge >= 0.3 is 0 Å². The molecule has 1 fully saturated rings. The van der Waals surface area contributed by atoms with E-state index in [4.69, 9.17) is 22.1 Å². The quantitative estimate of drug-likeness (QED) is 0.170. The lowest BCUT2D eigenvalue weighted by Crippen LogP contribution is -2.33. The van der Waals surface area contributed by atoms with Crippen LogP contribution in [0.15, 0.2) is 65.7 Å². The van der Waals surface area contributed by atoms with Crippen molar-refractivity contribution in [2.75, 3.05) is 13.2 Å². The van der Waals surface area contributed by atoms with Crippen LogP contribution in [-0.2, 0) is 4.79 Å². The van der Waals surface area contributed by atoms with E-state index in [1.807, 2.05) is 71.6 Å². The number of thioether (sulfide) groups is 1. The van der Waals surface area contributed by atoms with Crippen molar-refractivity contribution in [2.45, 2.75) is 53.4 Å². The Morgan fingerprint density at radius 1 is 1.08 bits per heavy atom. The summed E-state index contributed by atoms with van der Waals surface area (Å²) in [4.78, 5) is 15.9. The Balaban J connectivity index is 1.64. The summed E-state index contributed by atoms with van der Waals surface area (Å²) < 4.78 is 8.37. The standard InChI is InChI=1S/C31H37N3O2S2/c1-5-7-11-23(6-2)19-33-30(35)28(38-31(33)37)18-25-20-34(26-12-9-8-10-13-26)32-29(25)24-14-16-27(17-15-24)36-21-22(3)4/h8-10,12-18,20,22-23H,5-7,11,19,21H2,1-4H3/b28-18-. The third kappa shape index (κ3) is 6.94. The number of nitrogens with zero attached hydrogens (tertiary/aromatic N) is 3. The minimum atomic E-state index is -0.00853. The SMILES string of the molecule is CCCCC(CC)CN1C(=O)/C(=C/c2cn(-c3ccccc3)nc2-c2ccc(OCC(C)C)cc2)SC1=S.